The Bertz CT molecular complexity index is 1380. The normalized spacial score (nSPS) is 20.2. The Morgan fingerprint density at radius 2 is 2.10 bits per heavy atom. The van der Waals surface area contributed by atoms with Crippen LogP contribution in [0.5, 0.6) is 5.75 Å². The van der Waals surface area contributed by atoms with E-state index in [1.54, 1.807) is 18.2 Å². The molecule has 9 nitrogen and oxygen atoms in total. The quantitative estimate of drug-likeness (QED) is 0.458. The predicted molar refractivity (Wildman–Crippen MR) is 137 cm³/mol. The summed E-state index contributed by atoms with van der Waals surface area (Å²) in [5.41, 5.74) is 0.210. The van der Waals surface area contributed by atoms with Gasteiger partial charge in [-0.2, -0.15) is 13.2 Å². The molecule has 0 saturated carbocycles. The zero-order valence-electron chi connectivity index (χ0n) is 20.4. The number of nitrogens with one attached hydrogen (secondary N) is 1. The van der Waals surface area contributed by atoms with E-state index in [4.69, 9.17) is 25.8 Å². The first kappa shape index (κ1) is 25.7. The summed E-state index contributed by atoms with van der Waals surface area (Å²) in [4.78, 5) is 26.0. The summed E-state index contributed by atoms with van der Waals surface area (Å²) >= 11 is 6.51. The summed E-state index contributed by atoms with van der Waals surface area (Å²) in [6.45, 7) is 2.32. The molecule has 204 valence electrons. The average molecular weight is 562 g/mol. The summed E-state index contributed by atoms with van der Waals surface area (Å²) in [7, 11) is 0. The number of urea groups is 1. The first-order chi connectivity index (χ1) is 18.8. The summed E-state index contributed by atoms with van der Waals surface area (Å²) < 4.78 is 56.1. The lowest BCUT2D eigenvalue weighted by molar-refractivity contribution is -0.137. The monoisotopic (exact) mass is 561 g/mol. The SMILES string of the molecule is O=C(Nc1ccc(OC[C@H]2COCO2)cn1)N1c2nc(-c3cccc(C(F)(F)F)c3)c(Cl)cc2N2CCC1C2. The van der Waals surface area contributed by atoms with Crippen molar-refractivity contribution in [1.82, 2.24) is 9.97 Å². The highest BCUT2D eigenvalue weighted by atomic mass is 35.5. The molecule has 6 rings (SSSR count). The second-order valence-corrected chi connectivity index (χ2v) is 9.80. The van der Waals surface area contributed by atoms with Crippen LogP contribution >= 0.6 is 11.6 Å². The molecule has 2 bridgehead atoms. The number of fused-ring (bicyclic) bond motifs is 4. The zero-order chi connectivity index (χ0) is 27.1. The number of amides is 2. The third-order valence-electron chi connectivity index (χ3n) is 6.81. The Balaban J connectivity index is 1.25. The second-order valence-electron chi connectivity index (χ2n) is 9.40. The summed E-state index contributed by atoms with van der Waals surface area (Å²) in [5.74, 6) is 1.15. The van der Waals surface area contributed by atoms with Crippen molar-refractivity contribution in [1.29, 1.82) is 0 Å². The van der Waals surface area contributed by atoms with Crippen LogP contribution in [-0.4, -0.2) is 61.2 Å². The number of pyridine rings is 2. The van der Waals surface area contributed by atoms with Crippen LogP contribution in [0.25, 0.3) is 11.3 Å². The molecule has 1 aromatic carbocycles. The topological polar surface area (TPSA) is 89.0 Å². The van der Waals surface area contributed by atoms with Crippen molar-refractivity contribution >= 4 is 35.0 Å². The van der Waals surface area contributed by atoms with Crippen molar-refractivity contribution in [2.45, 2.75) is 24.7 Å². The Morgan fingerprint density at radius 1 is 1.23 bits per heavy atom. The molecule has 3 aromatic rings. The van der Waals surface area contributed by atoms with E-state index in [0.29, 0.717) is 55.8 Å². The van der Waals surface area contributed by atoms with Crippen LogP contribution in [0.4, 0.5) is 35.3 Å². The van der Waals surface area contributed by atoms with E-state index in [-0.39, 0.29) is 35.2 Å². The molecular weight excluding hydrogens is 539 g/mol. The number of carbonyl (C=O) groups is 1. The first-order valence-corrected chi connectivity index (χ1v) is 12.7. The largest absolute Gasteiger partial charge is 0.489 e. The van der Waals surface area contributed by atoms with E-state index in [0.717, 1.165) is 12.1 Å². The van der Waals surface area contributed by atoms with E-state index in [1.807, 2.05) is 0 Å². The van der Waals surface area contributed by atoms with Gasteiger partial charge in [0.2, 0.25) is 0 Å². The molecule has 2 saturated heterocycles. The van der Waals surface area contributed by atoms with Crippen molar-refractivity contribution in [3.8, 4) is 17.0 Å². The molecule has 0 spiro atoms. The van der Waals surface area contributed by atoms with Crippen LogP contribution in [0.3, 0.4) is 0 Å². The second kappa shape index (κ2) is 10.2. The summed E-state index contributed by atoms with van der Waals surface area (Å²) in [6, 6.07) is 9.15. The van der Waals surface area contributed by atoms with Gasteiger partial charge in [0.15, 0.2) is 5.82 Å². The van der Waals surface area contributed by atoms with E-state index in [9.17, 15) is 18.0 Å². The molecule has 1 unspecified atom stereocenters. The number of anilines is 3. The van der Waals surface area contributed by atoms with Crippen molar-refractivity contribution in [2.24, 2.45) is 0 Å². The van der Waals surface area contributed by atoms with Crippen molar-refractivity contribution in [3.05, 3.63) is 59.2 Å². The Morgan fingerprint density at radius 3 is 2.85 bits per heavy atom. The van der Waals surface area contributed by atoms with E-state index < -0.39 is 17.8 Å². The molecule has 5 heterocycles. The maximum Gasteiger partial charge on any atom is 0.416 e. The summed E-state index contributed by atoms with van der Waals surface area (Å²) in [6.07, 6.45) is -2.46. The van der Waals surface area contributed by atoms with Gasteiger partial charge in [-0.3, -0.25) is 10.2 Å². The third kappa shape index (κ3) is 5.19. The number of hydrogen-bond donors (Lipinski definition) is 1. The molecule has 3 aliphatic heterocycles. The number of carbonyl (C=O) groups excluding carboxylic acids is 1. The lowest BCUT2D eigenvalue weighted by Gasteiger charge is -2.36. The van der Waals surface area contributed by atoms with E-state index in [1.165, 1.54) is 23.2 Å². The molecule has 3 aliphatic rings. The minimum Gasteiger partial charge on any atom is -0.489 e. The Hall–Kier alpha value is -3.61. The number of hydrogen-bond acceptors (Lipinski definition) is 7. The fraction of sp³-hybridized carbons (Fsp3) is 0.346. The van der Waals surface area contributed by atoms with Gasteiger partial charge in [0.1, 0.15) is 31.1 Å². The number of benzene rings is 1. The third-order valence-corrected chi connectivity index (χ3v) is 7.10. The van der Waals surface area contributed by atoms with Crippen LogP contribution in [0.15, 0.2) is 48.7 Å². The van der Waals surface area contributed by atoms with Gasteiger partial charge in [-0.1, -0.05) is 23.7 Å². The molecule has 1 N–H and O–H groups in total. The van der Waals surface area contributed by atoms with Crippen molar-refractivity contribution in [2.75, 3.05) is 48.2 Å². The van der Waals surface area contributed by atoms with Gasteiger partial charge >= 0.3 is 12.2 Å². The smallest absolute Gasteiger partial charge is 0.416 e. The number of halogens is 4. The lowest BCUT2D eigenvalue weighted by atomic mass is 10.1. The van der Waals surface area contributed by atoms with E-state index >= 15 is 0 Å². The minimum absolute atomic E-state index is 0.142. The van der Waals surface area contributed by atoms with Gasteiger partial charge in [-0.15, -0.1) is 0 Å². The highest BCUT2D eigenvalue weighted by molar-refractivity contribution is 6.33. The van der Waals surface area contributed by atoms with Crippen LogP contribution in [-0.2, 0) is 15.7 Å². The van der Waals surface area contributed by atoms with Gasteiger partial charge in [0.25, 0.3) is 0 Å². The van der Waals surface area contributed by atoms with Crippen LogP contribution in [0, 0.1) is 0 Å². The highest BCUT2D eigenvalue weighted by Crippen LogP contribution is 2.43. The summed E-state index contributed by atoms with van der Waals surface area (Å²) in [5, 5.41) is 3.00. The van der Waals surface area contributed by atoms with Crippen molar-refractivity contribution < 1.29 is 32.2 Å². The van der Waals surface area contributed by atoms with Crippen LogP contribution in [0.1, 0.15) is 12.0 Å². The Kier molecular flexibility index (Phi) is 6.69. The molecule has 2 fully saturated rings. The molecule has 13 heteroatoms. The molecule has 2 aromatic heterocycles. The van der Waals surface area contributed by atoms with Crippen LogP contribution in [0.2, 0.25) is 5.02 Å². The van der Waals surface area contributed by atoms with Gasteiger partial charge in [0, 0.05) is 18.7 Å². The van der Waals surface area contributed by atoms with Crippen molar-refractivity contribution in [3.63, 3.8) is 0 Å². The first-order valence-electron chi connectivity index (χ1n) is 12.3. The zero-order valence-corrected chi connectivity index (χ0v) is 21.2. The standard InChI is InChI=1S/C26H23ClF3N5O4/c27-20-9-21-24(33-23(20)15-2-1-3-16(8-15)26(28,29)30)35(17-6-7-34(21)11-17)25(36)32-22-5-4-18(10-31-22)38-13-19-12-37-14-39-19/h1-5,8-10,17,19H,6-7,11-14H2,(H,31,32,36)/t17?,19-/m1/s1. The Labute approximate surface area is 226 Å². The van der Waals surface area contributed by atoms with Crippen LogP contribution < -0.4 is 19.9 Å². The maximum atomic E-state index is 13.5. The molecule has 0 aliphatic carbocycles. The van der Waals surface area contributed by atoms with E-state index in [2.05, 4.69) is 20.2 Å². The van der Waals surface area contributed by atoms with Gasteiger partial charge < -0.3 is 19.1 Å². The number of aromatic nitrogens is 2. The van der Waals surface area contributed by atoms with Gasteiger partial charge in [-0.25, -0.2) is 14.8 Å². The molecule has 2 amide bonds. The number of ether oxygens (including phenoxy) is 3. The molecule has 39 heavy (non-hydrogen) atoms. The fourth-order valence-electron chi connectivity index (χ4n) is 4.90. The highest BCUT2D eigenvalue weighted by Gasteiger charge is 2.41. The molecule has 0 radical (unpaired) electrons. The number of rotatable bonds is 5. The molecular formula is C26H23ClF3N5O4. The van der Waals surface area contributed by atoms with Gasteiger partial charge in [-0.05, 0) is 36.8 Å². The molecule has 2 atom stereocenters. The minimum atomic E-state index is -4.51. The predicted octanol–water partition coefficient (Wildman–Crippen LogP) is 5.20. The maximum absolute atomic E-state index is 13.5. The fourth-order valence-corrected chi connectivity index (χ4v) is 5.15. The average Bonchev–Trinajstić information content (AvgIpc) is 3.59. The number of alkyl halides is 3. The van der Waals surface area contributed by atoms with Gasteiger partial charge in [0.05, 0.1) is 40.8 Å². The number of nitrogens with zero attached hydrogens (tertiary/aromatic N) is 4. The lowest BCUT2D eigenvalue weighted by Crippen LogP contribution is -2.48.